The first kappa shape index (κ1) is 14.8. The van der Waals surface area contributed by atoms with E-state index in [1.807, 2.05) is 49.4 Å². The van der Waals surface area contributed by atoms with Crippen LogP contribution >= 0.6 is 0 Å². The van der Waals surface area contributed by atoms with Gasteiger partial charge in [0.25, 0.3) is 0 Å². The van der Waals surface area contributed by atoms with Gasteiger partial charge in [-0.2, -0.15) is 10.5 Å². The molecule has 4 heteroatoms. The van der Waals surface area contributed by atoms with Crippen molar-refractivity contribution in [1.29, 1.82) is 10.5 Å². The van der Waals surface area contributed by atoms with Gasteiger partial charge in [-0.05, 0) is 6.92 Å². The highest BCUT2D eigenvalue weighted by Crippen LogP contribution is 2.35. The van der Waals surface area contributed by atoms with E-state index in [0.717, 1.165) is 38.5 Å². The van der Waals surface area contributed by atoms with Crippen LogP contribution < -0.4 is 0 Å². The maximum atomic E-state index is 9.54. The van der Waals surface area contributed by atoms with Gasteiger partial charge in [-0.3, -0.25) is 9.97 Å². The Morgan fingerprint density at radius 2 is 1.44 bits per heavy atom. The fourth-order valence-electron chi connectivity index (χ4n) is 3.22. The van der Waals surface area contributed by atoms with E-state index in [-0.39, 0.29) is 0 Å². The van der Waals surface area contributed by atoms with E-state index in [4.69, 9.17) is 0 Å². The zero-order valence-electron chi connectivity index (χ0n) is 13.5. The van der Waals surface area contributed by atoms with Gasteiger partial charge in [0.2, 0.25) is 0 Å². The van der Waals surface area contributed by atoms with Gasteiger partial charge in [-0.15, -0.1) is 0 Å². The van der Waals surface area contributed by atoms with Crippen LogP contribution in [0.15, 0.2) is 54.9 Å². The monoisotopic (exact) mass is 320 g/mol. The summed E-state index contributed by atoms with van der Waals surface area (Å²) in [5.41, 5.74) is 3.57. The van der Waals surface area contributed by atoms with E-state index in [0.29, 0.717) is 11.1 Å². The fourth-order valence-corrected chi connectivity index (χ4v) is 3.22. The number of hydrogen-bond acceptors (Lipinski definition) is 4. The standard InChI is InChI=1S/C21H12N4/c1-13-16-7-4-8-19(20(16)15(10-23)12-24-13)21-18-6-3-2-5-17(18)14(9-22)11-25-21/h2-8,11-12H,1H3. The first-order valence-corrected chi connectivity index (χ1v) is 7.81. The molecule has 2 aromatic heterocycles. The molecule has 0 aliphatic heterocycles. The molecule has 0 fully saturated rings. The average Bonchev–Trinajstić information content (AvgIpc) is 2.67. The number of nitriles is 2. The summed E-state index contributed by atoms with van der Waals surface area (Å²) in [6.07, 6.45) is 3.20. The Labute approximate surface area is 144 Å². The summed E-state index contributed by atoms with van der Waals surface area (Å²) in [4.78, 5) is 8.87. The molecule has 0 radical (unpaired) electrons. The van der Waals surface area contributed by atoms with Crippen molar-refractivity contribution in [3.8, 4) is 23.4 Å². The number of benzene rings is 2. The van der Waals surface area contributed by atoms with E-state index >= 15 is 0 Å². The molecule has 0 bridgehead atoms. The Kier molecular flexibility index (Phi) is 3.38. The number of nitrogens with zero attached hydrogens (tertiary/aromatic N) is 4. The second-order valence-electron chi connectivity index (χ2n) is 5.78. The highest BCUT2D eigenvalue weighted by Gasteiger charge is 2.15. The molecule has 2 heterocycles. The van der Waals surface area contributed by atoms with E-state index in [2.05, 4.69) is 22.1 Å². The molecule has 2 aromatic carbocycles. The maximum Gasteiger partial charge on any atom is 0.101 e. The lowest BCUT2D eigenvalue weighted by molar-refractivity contribution is 1.22. The quantitative estimate of drug-likeness (QED) is 0.517. The number of hydrogen-bond donors (Lipinski definition) is 0. The number of pyridine rings is 2. The zero-order chi connectivity index (χ0) is 17.4. The summed E-state index contributed by atoms with van der Waals surface area (Å²) < 4.78 is 0. The molecule has 0 unspecified atom stereocenters. The average molecular weight is 320 g/mol. The van der Waals surface area contributed by atoms with Crippen LogP contribution in [0.4, 0.5) is 0 Å². The van der Waals surface area contributed by atoms with Crippen molar-refractivity contribution >= 4 is 21.5 Å². The van der Waals surface area contributed by atoms with Crippen LogP contribution in [0.2, 0.25) is 0 Å². The molecule has 0 saturated heterocycles. The molecule has 4 aromatic rings. The molecule has 116 valence electrons. The normalized spacial score (nSPS) is 10.5. The number of fused-ring (bicyclic) bond motifs is 2. The minimum atomic E-state index is 0.520. The van der Waals surface area contributed by atoms with E-state index in [1.165, 1.54) is 0 Å². The Morgan fingerprint density at radius 1 is 0.760 bits per heavy atom. The lowest BCUT2D eigenvalue weighted by Gasteiger charge is -2.12. The zero-order valence-corrected chi connectivity index (χ0v) is 13.5. The lowest BCUT2D eigenvalue weighted by atomic mass is 9.94. The molecule has 4 rings (SSSR count). The summed E-state index contributed by atoms with van der Waals surface area (Å²) in [5.74, 6) is 0. The summed E-state index contributed by atoms with van der Waals surface area (Å²) in [6.45, 7) is 1.93. The highest BCUT2D eigenvalue weighted by atomic mass is 14.7. The molecule has 0 amide bonds. The summed E-state index contributed by atoms with van der Waals surface area (Å²) >= 11 is 0. The SMILES string of the molecule is Cc1ncc(C#N)c2c(-c3ncc(C#N)c4ccccc34)cccc12. The van der Waals surface area contributed by atoms with Gasteiger partial charge in [-0.1, -0.05) is 42.5 Å². The summed E-state index contributed by atoms with van der Waals surface area (Å²) in [7, 11) is 0. The van der Waals surface area contributed by atoms with Crippen molar-refractivity contribution in [2.24, 2.45) is 0 Å². The van der Waals surface area contributed by atoms with Crippen LogP contribution in [-0.2, 0) is 0 Å². The molecule has 0 aliphatic rings. The van der Waals surface area contributed by atoms with Gasteiger partial charge < -0.3 is 0 Å². The highest BCUT2D eigenvalue weighted by molar-refractivity contribution is 6.07. The molecule has 0 aliphatic carbocycles. The van der Waals surface area contributed by atoms with Gasteiger partial charge in [0.05, 0.1) is 16.8 Å². The smallest absolute Gasteiger partial charge is 0.101 e. The molecular weight excluding hydrogens is 308 g/mol. The topological polar surface area (TPSA) is 73.4 Å². The molecule has 0 atom stereocenters. The Balaban J connectivity index is 2.18. The maximum absolute atomic E-state index is 9.54. The molecule has 0 saturated carbocycles. The van der Waals surface area contributed by atoms with Gasteiger partial charge in [0.1, 0.15) is 12.1 Å². The molecule has 0 N–H and O–H groups in total. The summed E-state index contributed by atoms with van der Waals surface area (Å²) in [5, 5.41) is 22.4. The summed E-state index contributed by atoms with van der Waals surface area (Å²) in [6, 6.07) is 18.0. The van der Waals surface area contributed by atoms with E-state index < -0.39 is 0 Å². The Morgan fingerprint density at radius 3 is 2.20 bits per heavy atom. The van der Waals surface area contributed by atoms with Crippen molar-refractivity contribution in [2.45, 2.75) is 6.92 Å². The number of aromatic nitrogens is 2. The van der Waals surface area contributed by atoms with Crippen molar-refractivity contribution < 1.29 is 0 Å². The Bertz CT molecular complexity index is 1230. The molecular formula is C21H12N4. The van der Waals surface area contributed by atoms with Gasteiger partial charge in [-0.25, -0.2) is 0 Å². The predicted octanol–water partition coefficient (Wildman–Crippen LogP) is 4.50. The van der Waals surface area contributed by atoms with Crippen molar-refractivity contribution in [3.63, 3.8) is 0 Å². The van der Waals surface area contributed by atoms with Crippen LogP contribution in [0.5, 0.6) is 0 Å². The second kappa shape index (κ2) is 5.70. The van der Waals surface area contributed by atoms with Crippen LogP contribution in [0.3, 0.4) is 0 Å². The predicted molar refractivity (Wildman–Crippen MR) is 96.6 cm³/mol. The van der Waals surface area contributed by atoms with Crippen LogP contribution in [0, 0.1) is 29.6 Å². The van der Waals surface area contributed by atoms with E-state index in [1.54, 1.807) is 12.4 Å². The van der Waals surface area contributed by atoms with Gasteiger partial charge in [0, 0.05) is 45.2 Å². The fraction of sp³-hybridized carbons (Fsp3) is 0.0476. The molecule has 0 spiro atoms. The van der Waals surface area contributed by atoms with Crippen LogP contribution in [0.25, 0.3) is 32.8 Å². The van der Waals surface area contributed by atoms with Crippen molar-refractivity contribution in [2.75, 3.05) is 0 Å². The molecule has 25 heavy (non-hydrogen) atoms. The number of rotatable bonds is 1. The first-order chi connectivity index (χ1) is 12.2. The largest absolute Gasteiger partial charge is 0.260 e. The third-order valence-electron chi connectivity index (χ3n) is 4.40. The van der Waals surface area contributed by atoms with Gasteiger partial charge >= 0.3 is 0 Å². The minimum absolute atomic E-state index is 0.520. The minimum Gasteiger partial charge on any atom is -0.260 e. The lowest BCUT2D eigenvalue weighted by Crippen LogP contribution is -1.94. The van der Waals surface area contributed by atoms with Crippen molar-refractivity contribution in [1.82, 2.24) is 9.97 Å². The first-order valence-electron chi connectivity index (χ1n) is 7.81. The Hall–Kier alpha value is -3.76. The third kappa shape index (κ3) is 2.21. The van der Waals surface area contributed by atoms with E-state index in [9.17, 15) is 10.5 Å². The van der Waals surface area contributed by atoms with Crippen molar-refractivity contribution in [3.05, 3.63) is 71.7 Å². The second-order valence-corrected chi connectivity index (χ2v) is 5.78. The molecule has 4 nitrogen and oxygen atoms in total. The van der Waals surface area contributed by atoms with Crippen LogP contribution in [-0.4, -0.2) is 9.97 Å². The third-order valence-corrected chi connectivity index (χ3v) is 4.40. The van der Waals surface area contributed by atoms with Crippen LogP contribution in [0.1, 0.15) is 16.8 Å². The number of aryl methyl sites for hydroxylation is 1. The van der Waals surface area contributed by atoms with Gasteiger partial charge in [0.15, 0.2) is 0 Å².